The fourth-order valence-corrected chi connectivity index (χ4v) is 2.67. The first-order valence-corrected chi connectivity index (χ1v) is 8.50. The van der Waals surface area contributed by atoms with E-state index in [0.717, 1.165) is 22.7 Å². The molecular weight excluding hydrogens is 360 g/mol. The molecule has 142 valence electrons. The van der Waals surface area contributed by atoms with Gasteiger partial charge in [0.15, 0.2) is 0 Å². The Bertz CT molecular complexity index is 1060. The largest absolute Gasteiger partial charge is 0.507 e. The number of hydrogen-bond acceptors (Lipinski definition) is 6. The van der Waals surface area contributed by atoms with E-state index in [0.29, 0.717) is 0 Å². The van der Waals surface area contributed by atoms with Gasteiger partial charge in [-0.2, -0.15) is 5.10 Å². The summed E-state index contributed by atoms with van der Waals surface area (Å²) in [6.07, 6.45) is 1.16. The summed E-state index contributed by atoms with van der Waals surface area (Å²) in [4.78, 5) is 22.5. The number of anilines is 1. The maximum absolute atomic E-state index is 12.3. The van der Waals surface area contributed by atoms with Crippen LogP contribution in [0.2, 0.25) is 0 Å². The summed E-state index contributed by atoms with van der Waals surface area (Å²) in [5, 5.41) is 29.5. The second-order valence-corrected chi connectivity index (χ2v) is 6.13. The first kappa shape index (κ1) is 18.8. The number of hydrazone groups is 1. The number of amides is 1. The van der Waals surface area contributed by atoms with Gasteiger partial charge in [0.25, 0.3) is 11.6 Å². The molecule has 3 aromatic carbocycles. The number of nitrogens with zero attached hydrogens (tertiary/aromatic N) is 2. The fourth-order valence-electron chi connectivity index (χ4n) is 2.67. The van der Waals surface area contributed by atoms with Gasteiger partial charge in [0.05, 0.1) is 11.1 Å². The Balaban J connectivity index is 1.67. The van der Waals surface area contributed by atoms with Gasteiger partial charge >= 0.3 is 0 Å². The van der Waals surface area contributed by atoms with Crippen molar-refractivity contribution >= 4 is 34.3 Å². The van der Waals surface area contributed by atoms with Crippen molar-refractivity contribution in [1.29, 1.82) is 0 Å². The number of aromatic hydroxyl groups is 1. The number of hydrogen-bond donors (Lipinski definition) is 3. The first-order chi connectivity index (χ1) is 13.5. The summed E-state index contributed by atoms with van der Waals surface area (Å²) in [5.41, 5.74) is 3.13. The summed E-state index contributed by atoms with van der Waals surface area (Å²) in [6, 6.07) is 16.6. The molecule has 1 amide bonds. The normalized spacial score (nSPS) is 12.0. The smallest absolute Gasteiger partial charge is 0.270 e. The molecule has 3 aromatic rings. The van der Waals surface area contributed by atoms with Crippen LogP contribution >= 0.6 is 0 Å². The molecule has 0 heterocycles. The van der Waals surface area contributed by atoms with Crippen LogP contribution in [0.5, 0.6) is 5.75 Å². The molecule has 0 aliphatic heterocycles. The average Bonchev–Trinajstić information content (AvgIpc) is 2.69. The summed E-state index contributed by atoms with van der Waals surface area (Å²) in [5.74, 6) is -0.570. The van der Waals surface area contributed by atoms with Crippen molar-refractivity contribution in [2.24, 2.45) is 5.10 Å². The number of carbonyl (C=O) groups is 1. The van der Waals surface area contributed by atoms with Crippen molar-refractivity contribution in [2.45, 2.75) is 13.0 Å². The Morgan fingerprint density at radius 2 is 1.93 bits per heavy atom. The Morgan fingerprint density at radius 3 is 2.71 bits per heavy atom. The third-order valence-electron chi connectivity index (χ3n) is 4.16. The number of rotatable bonds is 6. The molecule has 1 atom stereocenters. The monoisotopic (exact) mass is 378 g/mol. The lowest BCUT2D eigenvalue weighted by atomic mass is 10.1. The fraction of sp³-hybridized carbons (Fsp3) is 0.100. The van der Waals surface area contributed by atoms with Gasteiger partial charge in [-0.3, -0.25) is 14.9 Å². The number of nitro groups is 1. The van der Waals surface area contributed by atoms with E-state index in [1.165, 1.54) is 18.2 Å². The second kappa shape index (κ2) is 8.17. The van der Waals surface area contributed by atoms with Crippen molar-refractivity contribution in [2.75, 3.05) is 5.32 Å². The van der Waals surface area contributed by atoms with Crippen molar-refractivity contribution in [1.82, 2.24) is 5.43 Å². The van der Waals surface area contributed by atoms with Crippen molar-refractivity contribution in [3.8, 4) is 5.75 Å². The van der Waals surface area contributed by atoms with Crippen molar-refractivity contribution in [3.05, 3.63) is 76.3 Å². The summed E-state index contributed by atoms with van der Waals surface area (Å²) < 4.78 is 0. The van der Waals surface area contributed by atoms with Crippen molar-refractivity contribution < 1.29 is 14.8 Å². The molecule has 0 aromatic heterocycles. The van der Waals surface area contributed by atoms with E-state index in [9.17, 15) is 20.0 Å². The molecule has 3 N–H and O–H groups in total. The number of phenols is 1. The predicted octanol–water partition coefficient (Wildman–Crippen LogP) is 3.40. The van der Waals surface area contributed by atoms with Crippen LogP contribution in [-0.2, 0) is 4.79 Å². The Hall–Kier alpha value is -3.94. The predicted molar refractivity (Wildman–Crippen MR) is 108 cm³/mol. The van der Waals surface area contributed by atoms with E-state index in [4.69, 9.17) is 0 Å². The van der Waals surface area contributed by atoms with E-state index < -0.39 is 16.9 Å². The maximum Gasteiger partial charge on any atom is 0.270 e. The molecular formula is C20H18N4O4. The molecule has 0 spiro atoms. The molecule has 0 unspecified atom stereocenters. The Kier molecular flexibility index (Phi) is 5.50. The zero-order chi connectivity index (χ0) is 20.1. The van der Waals surface area contributed by atoms with E-state index in [-0.39, 0.29) is 17.0 Å². The lowest BCUT2D eigenvalue weighted by molar-refractivity contribution is -0.384. The molecule has 8 heteroatoms. The minimum absolute atomic E-state index is 0.129. The van der Waals surface area contributed by atoms with Gasteiger partial charge < -0.3 is 10.4 Å². The van der Waals surface area contributed by atoms with Crippen LogP contribution in [0.15, 0.2) is 65.8 Å². The quantitative estimate of drug-likeness (QED) is 0.345. The van der Waals surface area contributed by atoms with Crippen molar-refractivity contribution in [3.63, 3.8) is 0 Å². The van der Waals surface area contributed by atoms with Crippen LogP contribution in [0.3, 0.4) is 0 Å². The molecule has 8 nitrogen and oxygen atoms in total. The molecule has 0 radical (unpaired) electrons. The van der Waals surface area contributed by atoms with Crippen LogP contribution < -0.4 is 10.7 Å². The third-order valence-corrected chi connectivity index (χ3v) is 4.16. The number of nitrogens with one attached hydrogen (secondary N) is 2. The SMILES string of the molecule is C[C@H](Nc1cccc2ccccc12)C(=O)N/N=C\c1cc([N+](=O)[O-])ccc1O. The van der Waals surface area contributed by atoms with E-state index in [1.807, 2.05) is 42.5 Å². The number of phenolic OH excluding ortho intramolecular Hbond substituents is 1. The molecule has 28 heavy (non-hydrogen) atoms. The highest BCUT2D eigenvalue weighted by Crippen LogP contribution is 2.23. The Labute approximate surface area is 160 Å². The highest BCUT2D eigenvalue weighted by molar-refractivity contribution is 5.96. The molecule has 0 aliphatic carbocycles. The average molecular weight is 378 g/mol. The summed E-state index contributed by atoms with van der Waals surface area (Å²) in [6.45, 7) is 1.69. The van der Waals surface area contributed by atoms with Gasteiger partial charge in [0, 0.05) is 28.8 Å². The van der Waals surface area contributed by atoms with Gasteiger partial charge in [-0.15, -0.1) is 0 Å². The molecule has 0 saturated carbocycles. The molecule has 0 fully saturated rings. The molecule has 0 aliphatic rings. The lowest BCUT2D eigenvalue weighted by Crippen LogP contribution is -2.34. The highest BCUT2D eigenvalue weighted by atomic mass is 16.6. The third kappa shape index (κ3) is 4.24. The zero-order valence-corrected chi connectivity index (χ0v) is 15.0. The first-order valence-electron chi connectivity index (χ1n) is 8.50. The topological polar surface area (TPSA) is 117 Å². The maximum atomic E-state index is 12.3. The zero-order valence-electron chi connectivity index (χ0n) is 15.0. The number of nitro benzene ring substituents is 1. The number of fused-ring (bicyclic) bond motifs is 1. The van der Waals surface area contributed by atoms with Crippen LogP contribution in [0.25, 0.3) is 10.8 Å². The van der Waals surface area contributed by atoms with E-state index >= 15 is 0 Å². The van der Waals surface area contributed by atoms with E-state index in [2.05, 4.69) is 15.8 Å². The van der Waals surface area contributed by atoms with Crippen LogP contribution in [0, 0.1) is 10.1 Å². The Morgan fingerprint density at radius 1 is 1.18 bits per heavy atom. The lowest BCUT2D eigenvalue weighted by Gasteiger charge is -2.15. The number of carbonyl (C=O) groups excluding carboxylic acids is 1. The van der Waals surface area contributed by atoms with Gasteiger partial charge in [-0.1, -0.05) is 36.4 Å². The van der Waals surface area contributed by atoms with Gasteiger partial charge in [0.2, 0.25) is 0 Å². The van der Waals surface area contributed by atoms with Gasteiger partial charge in [-0.25, -0.2) is 5.43 Å². The number of benzene rings is 3. The van der Waals surface area contributed by atoms with Gasteiger partial charge in [-0.05, 0) is 24.4 Å². The summed E-state index contributed by atoms with van der Waals surface area (Å²) >= 11 is 0. The summed E-state index contributed by atoms with van der Waals surface area (Å²) in [7, 11) is 0. The second-order valence-electron chi connectivity index (χ2n) is 6.13. The number of non-ortho nitro benzene ring substituents is 1. The highest BCUT2D eigenvalue weighted by Gasteiger charge is 2.13. The van der Waals surface area contributed by atoms with E-state index in [1.54, 1.807) is 6.92 Å². The molecule has 0 saturated heterocycles. The standard InChI is InChI=1S/C20H18N4O4/c1-13(22-18-8-4-6-14-5-2-3-7-17(14)18)20(26)23-21-12-15-11-16(24(27)28)9-10-19(15)25/h2-13,22,25H,1H3,(H,23,26)/b21-12-/t13-/m0/s1. The minimum Gasteiger partial charge on any atom is -0.507 e. The molecule has 3 rings (SSSR count). The van der Waals surface area contributed by atoms with Crippen LogP contribution in [0.1, 0.15) is 12.5 Å². The molecule has 0 bridgehead atoms. The van der Waals surface area contributed by atoms with Gasteiger partial charge in [0.1, 0.15) is 11.8 Å². The minimum atomic E-state index is -0.582. The van der Waals surface area contributed by atoms with Crippen LogP contribution in [0.4, 0.5) is 11.4 Å². The van der Waals surface area contributed by atoms with Crippen LogP contribution in [-0.4, -0.2) is 28.2 Å².